The van der Waals surface area contributed by atoms with E-state index in [4.69, 9.17) is 5.26 Å². The highest BCUT2D eigenvalue weighted by Crippen LogP contribution is 2.23. The van der Waals surface area contributed by atoms with Crippen molar-refractivity contribution in [2.24, 2.45) is 0 Å². The van der Waals surface area contributed by atoms with Gasteiger partial charge in [0.2, 0.25) is 0 Å². The highest BCUT2D eigenvalue weighted by Gasteiger charge is 2.29. The maximum atomic E-state index is 9.57. The Kier molecular flexibility index (Phi) is 3.51. The van der Waals surface area contributed by atoms with Crippen molar-refractivity contribution in [1.82, 2.24) is 4.90 Å². The largest absolute Gasteiger partial charge is 0.391 e. The summed E-state index contributed by atoms with van der Waals surface area (Å²) in [5, 5.41) is 18.1. The number of likely N-dealkylation sites (N-methyl/N-ethyl adjacent to an activating group) is 1. The summed E-state index contributed by atoms with van der Waals surface area (Å²) in [6, 6.07) is 2.36. The van der Waals surface area contributed by atoms with Crippen LogP contribution in [0.3, 0.4) is 0 Å². The summed E-state index contributed by atoms with van der Waals surface area (Å²) in [6.45, 7) is 3.33. The van der Waals surface area contributed by atoms with Crippen LogP contribution in [0, 0.1) is 11.3 Å². The zero-order valence-electron chi connectivity index (χ0n) is 7.53. The Morgan fingerprint density at radius 1 is 1.58 bits per heavy atom. The van der Waals surface area contributed by atoms with Gasteiger partial charge in [0.1, 0.15) is 0 Å². The van der Waals surface area contributed by atoms with E-state index in [9.17, 15) is 5.11 Å². The predicted molar refractivity (Wildman–Crippen MR) is 46.5 cm³/mol. The average molecular weight is 168 g/mol. The van der Waals surface area contributed by atoms with Gasteiger partial charge in [0.15, 0.2) is 0 Å². The van der Waals surface area contributed by atoms with Crippen molar-refractivity contribution in [3.8, 4) is 6.07 Å². The van der Waals surface area contributed by atoms with Gasteiger partial charge in [-0.25, -0.2) is 0 Å². The molecule has 1 rings (SSSR count). The fourth-order valence-corrected chi connectivity index (χ4v) is 1.90. The fraction of sp³-hybridized carbons (Fsp3) is 0.889. The molecule has 1 N–H and O–H groups in total. The number of nitrogens with zero attached hydrogens (tertiary/aromatic N) is 2. The van der Waals surface area contributed by atoms with Gasteiger partial charge in [0.05, 0.1) is 18.7 Å². The Bertz CT molecular complexity index is 176. The van der Waals surface area contributed by atoms with E-state index in [1.807, 2.05) is 6.92 Å². The van der Waals surface area contributed by atoms with E-state index in [1.54, 1.807) is 0 Å². The third-order valence-electron chi connectivity index (χ3n) is 2.59. The number of nitriles is 1. The van der Waals surface area contributed by atoms with Crippen LogP contribution in [0.25, 0.3) is 0 Å². The van der Waals surface area contributed by atoms with Crippen LogP contribution in [0.4, 0.5) is 0 Å². The molecule has 2 atom stereocenters. The molecule has 0 aromatic carbocycles. The molecule has 1 saturated carbocycles. The van der Waals surface area contributed by atoms with Gasteiger partial charge in [-0.1, -0.05) is 6.92 Å². The smallest absolute Gasteiger partial charge is 0.0869 e. The quantitative estimate of drug-likeness (QED) is 0.632. The predicted octanol–water partition coefficient (Wildman–Crippen LogP) is 0.745. The summed E-state index contributed by atoms with van der Waals surface area (Å²) in [6.07, 6.45) is 2.81. The first-order valence-corrected chi connectivity index (χ1v) is 4.58. The van der Waals surface area contributed by atoms with Crippen LogP contribution in [-0.4, -0.2) is 35.2 Å². The van der Waals surface area contributed by atoms with Crippen molar-refractivity contribution < 1.29 is 5.11 Å². The highest BCUT2D eigenvalue weighted by atomic mass is 16.3. The molecule has 3 heteroatoms. The van der Waals surface area contributed by atoms with Gasteiger partial charge in [-0.3, -0.25) is 4.90 Å². The number of hydrogen-bond acceptors (Lipinski definition) is 3. The first-order chi connectivity index (χ1) is 5.79. The number of rotatable bonds is 3. The van der Waals surface area contributed by atoms with Crippen molar-refractivity contribution in [2.45, 2.75) is 38.3 Å². The lowest BCUT2D eigenvalue weighted by Crippen LogP contribution is -2.40. The van der Waals surface area contributed by atoms with Crippen LogP contribution < -0.4 is 0 Å². The average Bonchev–Trinajstić information content (AvgIpc) is 2.47. The first-order valence-electron chi connectivity index (χ1n) is 4.58. The second-order valence-corrected chi connectivity index (χ2v) is 3.29. The van der Waals surface area contributed by atoms with E-state index in [2.05, 4.69) is 11.0 Å². The minimum atomic E-state index is -0.210. The topological polar surface area (TPSA) is 47.3 Å². The van der Waals surface area contributed by atoms with Crippen LogP contribution >= 0.6 is 0 Å². The van der Waals surface area contributed by atoms with Crippen molar-refractivity contribution in [1.29, 1.82) is 5.26 Å². The Balaban J connectivity index is 2.47. The van der Waals surface area contributed by atoms with Gasteiger partial charge < -0.3 is 5.11 Å². The van der Waals surface area contributed by atoms with Crippen molar-refractivity contribution in [3.05, 3.63) is 0 Å². The maximum absolute atomic E-state index is 9.57. The summed E-state index contributed by atoms with van der Waals surface area (Å²) >= 11 is 0. The zero-order chi connectivity index (χ0) is 8.97. The monoisotopic (exact) mass is 168 g/mol. The molecular weight excluding hydrogens is 152 g/mol. The van der Waals surface area contributed by atoms with Crippen LogP contribution in [0.1, 0.15) is 26.2 Å². The molecule has 0 heterocycles. The zero-order valence-corrected chi connectivity index (χ0v) is 7.53. The second kappa shape index (κ2) is 4.44. The molecule has 1 aliphatic rings. The summed E-state index contributed by atoms with van der Waals surface area (Å²) < 4.78 is 0. The SMILES string of the molecule is CCN(CC#N)C1CCCC1O. The molecule has 1 fully saturated rings. The van der Waals surface area contributed by atoms with Crippen LogP contribution in [0.2, 0.25) is 0 Å². The molecule has 0 saturated heterocycles. The third kappa shape index (κ3) is 1.96. The van der Waals surface area contributed by atoms with Crippen molar-refractivity contribution >= 4 is 0 Å². The van der Waals surface area contributed by atoms with Crippen LogP contribution in [0.15, 0.2) is 0 Å². The minimum Gasteiger partial charge on any atom is -0.391 e. The lowest BCUT2D eigenvalue weighted by molar-refractivity contribution is 0.0818. The van der Waals surface area contributed by atoms with E-state index in [0.29, 0.717) is 6.54 Å². The molecule has 0 aromatic heterocycles. The van der Waals surface area contributed by atoms with Crippen molar-refractivity contribution in [2.75, 3.05) is 13.1 Å². The number of hydrogen-bond donors (Lipinski definition) is 1. The lowest BCUT2D eigenvalue weighted by atomic mass is 10.2. The maximum Gasteiger partial charge on any atom is 0.0869 e. The van der Waals surface area contributed by atoms with E-state index >= 15 is 0 Å². The van der Waals surface area contributed by atoms with Gasteiger partial charge in [0.25, 0.3) is 0 Å². The molecule has 0 bridgehead atoms. The number of aliphatic hydroxyl groups excluding tert-OH is 1. The van der Waals surface area contributed by atoms with E-state index in [0.717, 1.165) is 25.8 Å². The first kappa shape index (κ1) is 9.50. The number of aliphatic hydroxyl groups is 1. The second-order valence-electron chi connectivity index (χ2n) is 3.29. The Hall–Kier alpha value is -0.590. The van der Waals surface area contributed by atoms with E-state index < -0.39 is 0 Å². The molecule has 0 aliphatic heterocycles. The molecule has 0 radical (unpaired) electrons. The summed E-state index contributed by atoms with van der Waals surface area (Å²) in [5.41, 5.74) is 0. The molecule has 12 heavy (non-hydrogen) atoms. The summed E-state index contributed by atoms with van der Waals surface area (Å²) in [4.78, 5) is 2.05. The molecule has 0 spiro atoms. The minimum absolute atomic E-state index is 0.210. The standard InChI is InChI=1S/C9H16N2O/c1-2-11(7-6-10)8-4-3-5-9(8)12/h8-9,12H,2-5,7H2,1H3. The molecule has 0 amide bonds. The van der Waals surface area contributed by atoms with Crippen LogP contribution in [0.5, 0.6) is 0 Å². The molecule has 3 nitrogen and oxygen atoms in total. The van der Waals surface area contributed by atoms with Gasteiger partial charge in [0, 0.05) is 6.04 Å². The Labute approximate surface area is 73.6 Å². The Morgan fingerprint density at radius 3 is 2.75 bits per heavy atom. The van der Waals surface area contributed by atoms with E-state index in [1.165, 1.54) is 0 Å². The van der Waals surface area contributed by atoms with Crippen LogP contribution in [-0.2, 0) is 0 Å². The lowest BCUT2D eigenvalue weighted by Gasteiger charge is -2.27. The van der Waals surface area contributed by atoms with Gasteiger partial charge >= 0.3 is 0 Å². The van der Waals surface area contributed by atoms with Gasteiger partial charge in [-0.05, 0) is 25.8 Å². The Morgan fingerprint density at radius 2 is 2.33 bits per heavy atom. The molecule has 2 unspecified atom stereocenters. The molecule has 68 valence electrons. The normalized spacial score (nSPS) is 29.2. The van der Waals surface area contributed by atoms with Crippen molar-refractivity contribution in [3.63, 3.8) is 0 Å². The molecular formula is C9H16N2O. The molecule has 0 aromatic rings. The fourth-order valence-electron chi connectivity index (χ4n) is 1.90. The third-order valence-corrected chi connectivity index (χ3v) is 2.59. The highest BCUT2D eigenvalue weighted by molar-refractivity contribution is 4.88. The van der Waals surface area contributed by atoms with Gasteiger partial charge in [-0.15, -0.1) is 0 Å². The molecule has 1 aliphatic carbocycles. The van der Waals surface area contributed by atoms with Gasteiger partial charge in [-0.2, -0.15) is 5.26 Å². The van der Waals surface area contributed by atoms with E-state index in [-0.39, 0.29) is 12.1 Å². The summed E-state index contributed by atoms with van der Waals surface area (Å²) in [5.74, 6) is 0. The summed E-state index contributed by atoms with van der Waals surface area (Å²) in [7, 11) is 0.